The van der Waals surface area contributed by atoms with Gasteiger partial charge in [0.05, 0.1) is 23.5 Å². The Hall–Kier alpha value is -1.55. The van der Waals surface area contributed by atoms with Gasteiger partial charge >= 0.3 is 0 Å². The van der Waals surface area contributed by atoms with Gasteiger partial charge in [0.15, 0.2) is 0 Å². The third kappa shape index (κ3) is 4.44. The summed E-state index contributed by atoms with van der Waals surface area (Å²) in [6.45, 7) is 6.30. The van der Waals surface area contributed by atoms with Crippen molar-refractivity contribution < 1.29 is 9.53 Å². The first-order valence-corrected chi connectivity index (χ1v) is 5.66. The Morgan fingerprint density at radius 1 is 1.71 bits per heavy atom. The van der Waals surface area contributed by atoms with Crippen LogP contribution in [0.15, 0.2) is 25.1 Å². The van der Waals surface area contributed by atoms with Crippen LogP contribution in [0.25, 0.3) is 0 Å². The number of nitrogens with zero attached hydrogens (tertiary/aromatic N) is 1. The van der Waals surface area contributed by atoms with Crippen LogP contribution in [-0.2, 0) is 4.74 Å². The fourth-order valence-corrected chi connectivity index (χ4v) is 1.52. The van der Waals surface area contributed by atoms with E-state index < -0.39 is 0 Å². The lowest BCUT2D eigenvalue weighted by atomic mass is 10.2. The van der Waals surface area contributed by atoms with Gasteiger partial charge in [-0.1, -0.05) is 18.2 Å². The fourth-order valence-electron chi connectivity index (χ4n) is 1.23. The fraction of sp³-hybridized carbons (Fsp3) is 0.333. The molecule has 1 heterocycles. The van der Waals surface area contributed by atoms with Gasteiger partial charge in [-0.05, 0) is 19.4 Å². The Morgan fingerprint density at radius 3 is 3.12 bits per heavy atom. The highest BCUT2D eigenvalue weighted by molar-refractivity contribution is 6.33. The second kappa shape index (κ2) is 6.91. The van der Waals surface area contributed by atoms with E-state index in [9.17, 15) is 4.79 Å². The van der Waals surface area contributed by atoms with Crippen LogP contribution < -0.4 is 5.32 Å². The first-order chi connectivity index (χ1) is 8.15. The van der Waals surface area contributed by atoms with E-state index in [2.05, 4.69) is 16.9 Å². The zero-order valence-electron chi connectivity index (χ0n) is 9.70. The maximum atomic E-state index is 11.7. The van der Waals surface area contributed by atoms with Crippen molar-refractivity contribution in [1.29, 1.82) is 0 Å². The zero-order valence-corrected chi connectivity index (χ0v) is 10.5. The topological polar surface area (TPSA) is 51.2 Å². The Labute approximate surface area is 106 Å². The zero-order chi connectivity index (χ0) is 12.7. The van der Waals surface area contributed by atoms with Gasteiger partial charge in [-0.2, -0.15) is 0 Å². The Morgan fingerprint density at radius 2 is 2.47 bits per heavy atom. The second-order valence-electron chi connectivity index (χ2n) is 3.45. The molecule has 0 aliphatic heterocycles. The predicted molar refractivity (Wildman–Crippen MR) is 67.1 cm³/mol. The number of ether oxygens (including phenoxy) is 1. The summed E-state index contributed by atoms with van der Waals surface area (Å²) < 4.78 is 4.93. The first-order valence-electron chi connectivity index (χ1n) is 5.28. The minimum atomic E-state index is -0.221. The van der Waals surface area contributed by atoms with Gasteiger partial charge in [0.1, 0.15) is 0 Å². The molecule has 1 aromatic rings. The van der Waals surface area contributed by atoms with Crippen LogP contribution in [0.2, 0.25) is 5.02 Å². The summed E-state index contributed by atoms with van der Waals surface area (Å²) in [7, 11) is 0. The van der Waals surface area contributed by atoms with Crippen LogP contribution in [0.3, 0.4) is 0 Å². The summed E-state index contributed by atoms with van der Waals surface area (Å²) in [5, 5.41) is 3.15. The quantitative estimate of drug-likeness (QED) is 0.626. The van der Waals surface area contributed by atoms with Crippen LogP contribution in [-0.4, -0.2) is 24.0 Å². The molecule has 92 valence electrons. The molecule has 0 spiro atoms. The van der Waals surface area contributed by atoms with Crippen molar-refractivity contribution in [3.05, 3.63) is 41.4 Å². The van der Waals surface area contributed by atoms with Crippen LogP contribution in [0.5, 0.6) is 0 Å². The molecule has 0 bridgehead atoms. The third-order valence-electron chi connectivity index (χ3n) is 2.08. The number of halogens is 1. The smallest absolute Gasteiger partial charge is 0.254 e. The van der Waals surface area contributed by atoms with E-state index >= 15 is 0 Å². The maximum absolute atomic E-state index is 11.7. The number of carbonyl (C=O) groups is 1. The van der Waals surface area contributed by atoms with Gasteiger partial charge in [0, 0.05) is 18.4 Å². The standard InChI is InChI=1S/C12H15ClN2O2/c1-3-17-6-4-5-14-12(16)10-8-15-9(2)7-11(10)13/h3,7-8H,1,4-6H2,2H3,(H,14,16). The number of carbonyl (C=O) groups excluding carboxylic acids is 1. The van der Waals surface area contributed by atoms with E-state index in [4.69, 9.17) is 16.3 Å². The van der Waals surface area contributed by atoms with Crippen LogP contribution in [0, 0.1) is 6.92 Å². The molecule has 1 N–H and O–H groups in total. The van der Waals surface area contributed by atoms with E-state index in [-0.39, 0.29) is 5.91 Å². The van der Waals surface area contributed by atoms with Crippen molar-refractivity contribution >= 4 is 17.5 Å². The lowest BCUT2D eigenvalue weighted by Gasteiger charge is -2.06. The largest absolute Gasteiger partial charge is 0.502 e. The second-order valence-corrected chi connectivity index (χ2v) is 3.86. The first kappa shape index (κ1) is 13.5. The summed E-state index contributed by atoms with van der Waals surface area (Å²) in [5.74, 6) is -0.221. The molecule has 0 saturated heterocycles. The number of pyridine rings is 1. The number of rotatable bonds is 6. The number of aryl methyl sites for hydroxylation is 1. The molecule has 5 heteroatoms. The van der Waals surface area contributed by atoms with Crippen molar-refractivity contribution in [2.45, 2.75) is 13.3 Å². The molecule has 0 radical (unpaired) electrons. The summed E-state index contributed by atoms with van der Waals surface area (Å²) in [6.07, 6.45) is 3.57. The molecule has 4 nitrogen and oxygen atoms in total. The molecular weight excluding hydrogens is 240 g/mol. The van der Waals surface area contributed by atoms with Crippen LogP contribution >= 0.6 is 11.6 Å². The molecule has 1 amide bonds. The van der Waals surface area contributed by atoms with Crippen LogP contribution in [0.1, 0.15) is 22.5 Å². The average molecular weight is 255 g/mol. The predicted octanol–water partition coefficient (Wildman–Crippen LogP) is 2.32. The minimum absolute atomic E-state index is 0.221. The Bertz CT molecular complexity index is 407. The van der Waals surface area contributed by atoms with Gasteiger partial charge in [0.2, 0.25) is 0 Å². The minimum Gasteiger partial charge on any atom is -0.502 e. The van der Waals surface area contributed by atoms with E-state index in [0.29, 0.717) is 30.2 Å². The number of aromatic nitrogens is 1. The SMILES string of the molecule is C=COCCCNC(=O)c1cnc(C)cc1Cl. The molecule has 0 aliphatic carbocycles. The van der Waals surface area contributed by atoms with E-state index in [1.54, 1.807) is 6.07 Å². The third-order valence-corrected chi connectivity index (χ3v) is 2.39. The monoisotopic (exact) mass is 254 g/mol. The Kier molecular flexibility index (Phi) is 5.49. The van der Waals surface area contributed by atoms with Gasteiger partial charge in [-0.3, -0.25) is 9.78 Å². The molecule has 0 unspecified atom stereocenters. The molecular formula is C12H15ClN2O2. The molecule has 0 saturated carbocycles. The van der Waals surface area contributed by atoms with Crippen molar-refractivity contribution in [3.8, 4) is 0 Å². The Balaban J connectivity index is 2.44. The highest BCUT2D eigenvalue weighted by Gasteiger charge is 2.10. The lowest BCUT2D eigenvalue weighted by Crippen LogP contribution is -2.25. The molecule has 1 rings (SSSR count). The van der Waals surface area contributed by atoms with E-state index in [1.807, 2.05) is 6.92 Å². The molecule has 0 aromatic carbocycles. The highest BCUT2D eigenvalue weighted by atomic mass is 35.5. The molecule has 0 aliphatic rings. The van der Waals surface area contributed by atoms with E-state index in [1.165, 1.54) is 12.5 Å². The number of amides is 1. The van der Waals surface area contributed by atoms with E-state index in [0.717, 1.165) is 5.69 Å². The molecule has 0 fully saturated rings. The maximum Gasteiger partial charge on any atom is 0.254 e. The van der Waals surface area contributed by atoms with Gasteiger partial charge in [-0.15, -0.1) is 0 Å². The average Bonchev–Trinajstić information content (AvgIpc) is 2.28. The number of nitrogens with one attached hydrogen (secondary N) is 1. The summed E-state index contributed by atoms with van der Waals surface area (Å²) >= 11 is 5.95. The summed E-state index contributed by atoms with van der Waals surface area (Å²) in [6, 6.07) is 1.66. The summed E-state index contributed by atoms with van der Waals surface area (Å²) in [5.41, 5.74) is 1.17. The lowest BCUT2D eigenvalue weighted by molar-refractivity contribution is 0.0950. The number of hydrogen-bond acceptors (Lipinski definition) is 3. The highest BCUT2D eigenvalue weighted by Crippen LogP contribution is 2.15. The van der Waals surface area contributed by atoms with Crippen LogP contribution in [0.4, 0.5) is 0 Å². The van der Waals surface area contributed by atoms with Gasteiger partial charge in [0.25, 0.3) is 5.91 Å². The summed E-state index contributed by atoms with van der Waals surface area (Å²) in [4.78, 5) is 15.7. The normalized spacial score (nSPS) is 9.76. The van der Waals surface area contributed by atoms with Crippen molar-refractivity contribution in [2.24, 2.45) is 0 Å². The van der Waals surface area contributed by atoms with Crippen molar-refractivity contribution in [3.63, 3.8) is 0 Å². The molecule has 0 atom stereocenters. The number of hydrogen-bond donors (Lipinski definition) is 1. The van der Waals surface area contributed by atoms with Gasteiger partial charge in [-0.25, -0.2) is 0 Å². The molecule has 1 aromatic heterocycles. The van der Waals surface area contributed by atoms with Gasteiger partial charge < -0.3 is 10.1 Å². The molecule has 17 heavy (non-hydrogen) atoms. The van der Waals surface area contributed by atoms with Crippen molar-refractivity contribution in [2.75, 3.05) is 13.2 Å². The van der Waals surface area contributed by atoms with Crippen molar-refractivity contribution in [1.82, 2.24) is 10.3 Å².